The Morgan fingerprint density at radius 1 is 1.14 bits per heavy atom. The number of carbonyl (C=O) groups is 4. The van der Waals surface area contributed by atoms with E-state index in [1.807, 2.05) is 0 Å². The third-order valence-electron chi connectivity index (χ3n) is 6.37. The summed E-state index contributed by atoms with van der Waals surface area (Å²) in [5.41, 5.74) is -0.728. The molecule has 0 spiro atoms. The highest BCUT2D eigenvalue weighted by Gasteiger charge is 2.62. The van der Waals surface area contributed by atoms with E-state index in [1.165, 1.54) is 26.1 Å². The highest BCUT2D eigenvalue weighted by atomic mass is 35.5. The van der Waals surface area contributed by atoms with E-state index in [0.717, 1.165) is 6.07 Å². The molecule has 1 saturated carbocycles. The summed E-state index contributed by atoms with van der Waals surface area (Å²) >= 11 is 5.77. The molecule has 2 aromatic rings. The zero-order valence-corrected chi connectivity index (χ0v) is 19.6. The van der Waals surface area contributed by atoms with E-state index in [0.29, 0.717) is 25.1 Å². The predicted molar refractivity (Wildman–Crippen MR) is 120 cm³/mol. The maximum absolute atomic E-state index is 13.6. The van der Waals surface area contributed by atoms with Gasteiger partial charge < -0.3 is 20.5 Å². The van der Waals surface area contributed by atoms with Crippen molar-refractivity contribution in [1.82, 2.24) is 15.2 Å². The Hall–Kier alpha value is -3.34. The lowest BCUT2D eigenvalue weighted by Gasteiger charge is -2.45. The Kier molecular flexibility index (Phi) is 6.16. The molecule has 8 nitrogen and oxygen atoms in total. The standard InChI is InChI=1S/C23H22ClF3N4O4/c1-11-16(19(33)29-12-5-6-14(25)13(24)8-12)15-4-3-7-31(15)17(11)18(32)20(34)30-22(21(35)28-2)9-23(26,27)10-22/h5-6,8H,3-4,7,9-10H2,1-2H3,(H,28,35)(H,29,33)(H,30,34). The van der Waals surface area contributed by atoms with Gasteiger partial charge in [-0.15, -0.1) is 0 Å². The van der Waals surface area contributed by atoms with Crippen molar-refractivity contribution in [2.24, 2.45) is 0 Å². The van der Waals surface area contributed by atoms with Gasteiger partial charge in [0.05, 0.1) is 16.3 Å². The predicted octanol–water partition coefficient (Wildman–Crippen LogP) is 3.00. The van der Waals surface area contributed by atoms with E-state index in [2.05, 4.69) is 16.0 Å². The fourth-order valence-electron chi connectivity index (χ4n) is 4.84. The van der Waals surface area contributed by atoms with E-state index in [9.17, 15) is 32.3 Å². The first kappa shape index (κ1) is 24.8. The zero-order valence-electron chi connectivity index (χ0n) is 18.9. The molecule has 186 valence electrons. The van der Waals surface area contributed by atoms with E-state index in [4.69, 9.17) is 11.6 Å². The average Bonchev–Trinajstić information content (AvgIpc) is 3.33. The number of alkyl halides is 2. The van der Waals surface area contributed by atoms with Crippen LogP contribution in [-0.2, 0) is 22.6 Å². The molecule has 1 aromatic carbocycles. The number of Topliss-reactive ketones (excluding diaryl/α,β-unsaturated/α-hetero) is 1. The molecule has 35 heavy (non-hydrogen) atoms. The lowest BCUT2D eigenvalue weighted by atomic mass is 9.72. The Morgan fingerprint density at radius 2 is 1.83 bits per heavy atom. The fourth-order valence-corrected chi connectivity index (χ4v) is 5.02. The van der Waals surface area contributed by atoms with Gasteiger partial charge in [0.1, 0.15) is 11.4 Å². The third-order valence-corrected chi connectivity index (χ3v) is 6.66. The normalized spacial score (nSPS) is 17.2. The van der Waals surface area contributed by atoms with Crippen LogP contribution in [0.25, 0.3) is 0 Å². The number of benzene rings is 1. The monoisotopic (exact) mass is 510 g/mol. The molecule has 2 aliphatic rings. The molecule has 2 heterocycles. The number of nitrogens with one attached hydrogen (secondary N) is 3. The van der Waals surface area contributed by atoms with Gasteiger partial charge in [0, 0.05) is 37.8 Å². The molecule has 3 N–H and O–H groups in total. The van der Waals surface area contributed by atoms with Crippen LogP contribution in [-0.4, -0.2) is 46.6 Å². The lowest BCUT2D eigenvalue weighted by Crippen LogP contribution is -2.69. The number of amides is 3. The van der Waals surface area contributed by atoms with Crippen molar-refractivity contribution in [1.29, 1.82) is 0 Å². The molecular formula is C23H22ClF3N4O4. The average molecular weight is 511 g/mol. The second kappa shape index (κ2) is 8.71. The zero-order chi connectivity index (χ0) is 25.7. The maximum Gasteiger partial charge on any atom is 0.294 e. The van der Waals surface area contributed by atoms with Gasteiger partial charge in [-0.05, 0) is 43.5 Å². The van der Waals surface area contributed by atoms with Crippen LogP contribution >= 0.6 is 11.6 Å². The van der Waals surface area contributed by atoms with Gasteiger partial charge in [0.25, 0.3) is 23.5 Å². The first-order valence-corrected chi connectivity index (χ1v) is 11.2. The number of ketones is 1. The fraction of sp³-hybridized carbons (Fsp3) is 0.391. The minimum atomic E-state index is -3.14. The van der Waals surface area contributed by atoms with Gasteiger partial charge in [-0.1, -0.05) is 11.6 Å². The molecule has 1 aliphatic heterocycles. The maximum atomic E-state index is 13.6. The van der Waals surface area contributed by atoms with E-state index in [-0.39, 0.29) is 27.5 Å². The highest BCUT2D eigenvalue weighted by molar-refractivity contribution is 6.43. The van der Waals surface area contributed by atoms with Crippen LogP contribution < -0.4 is 16.0 Å². The molecule has 12 heteroatoms. The number of hydrogen-bond donors (Lipinski definition) is 3. The number of fused-ring (bicyclic) bond motifs is 1. The topological polar surface area (TPSA) is 109 Å². The smallest absolute Gasteiger partial charge is 0.294 e. The Balaban J connectivity index is 1.62. The molecule has 0 radical (unpaired) electrons. The number of likely N-dealkylation sites (N-methyl/N-ethyl adjacent to an activating group) is 1. The summed E-state index contributed by atoms with van der Waals surface area (Å²) in [4.78, 5) is 51.2. The summed E-state index contributed by atoms with van der Waals surface area (Å²) in [6, 6.07) is 3.67. The van der Waals surface area contributed by atoms with Crippen LogP contribution in [0.2, 0.25) is 5.02 Å². The minimum absolute atomic E-state index is 0.0459. The van der Waals surface area contributed by atoms with Crippen LogP contribution in [0.3, 0.4) is 0 Å². The number of anilines is 1. The van der Waals surface area contributed by atoms with Crippen LogP contribution in [0, 0.1) is 12.7 Å². The van der Waals surface area contributed by atoms with Crippen molar-refractivity contribution in [2.45, 2.75) is 50.6 Å². The van der Waals surface area contributed by atoms with Crippen molar-refractivity contribution in [2.75, 3.05) is 12.4 Å². The molecule has 0 bridgehead atoms. The Labute approximate surface area is 203 Å². The number of aromatic nitrogens is 1. The summed E-state index contributed by atoms with van der Waals surface area (Å²) in [5, 5.41) is 6.88. The lowest BCUT2D eigenvalue weighted by molar-refractivity contribution is -0.164. The van der Waals surface area contributed by atoms with E-state index < -0.39 is 53.6 Å². The van der Waals surface area contributed by atoms with Gasteiger partial charge in [0.2, 0.25) is 5.91 Å². The van der Waals surface area contributed by atoms with Crippen LogP contribution in [0.5, 0.6) is 0 Å². The summed E-state index contributed by atoms with van der Waals surface area (Å²) in [6.07, 6.45) is -0.749. The number of nitrogens with zero attached hydrogens (tertiary/aromatic N) is 1. The summed E-state index contributed by atoms with van der Waals surface area (Å²) < 4.78 is 42.1. The van der Waals surface area contributed by atoms with Gasteiger partial charge >= 0.3 is 0 Å². The number of halogens is 4. The van der Waals surface area contributed by atoms with Gasteiger partial charge in [0.15, 0.2) is 0 Å². The first-order chi connectivity index (χ1) is 16.4. The van der Waals surface area contributed by atoms with Crippen molar-refractivity contribution < 1.29 is 32.3 Å². The molecule has 1 aliphatic carbocycles. The van der Waals surface area contributed by atoms with Crippen LogP contribution in [0.4, 0.5) is 18.9 Å². The van der Waals surface area contributed by atoms with Crippen molar-refractivity contribution in [3.63, 3.8) is 0 Å². The number of hydrogen-bond acceptors (Lipinski definition) is 4. The third kappa shape index (κ3) is 4.29. The van der Waals surface area contributed by atoms with Gasteiger partial charge in [-0.3, -0.25) is 19.2 Å². The van der Waals surface area contributed by atoms with Gasteiger partial charge in [-0.25, -0.2) is 13.2 Å². The minimum Gasteiger partial charge on any atom is -0.357 e. The Bertz CT molecular complexity index is 1270. The summed E-state index contributed by atoms with van der Waals surface area (Å²) in [7, 11) is 1.25. The highest BCUT2D eigenvalue weighted by Crippen LogP contribution is 2.45. The second-order valence-electron chi connectivity index (χ2n) is 8.79. The quantitative estimate of drug-likeness (QED) is 0.410. The summed E-state index contributed by atoms with van der Waals surface area (Å²) in [5.74, 6) is -7.42. The molecular weight excluding hydrogens is 489 g/mol. The largest absolute Gasteiger partial charge is 0.357 e. The van der Waals surface area contributed by atoms with Crippen LogP contribution in [0.1, 0.15) is 51.4 Å². The molecule has 0 atom stereocenters. The molecule has 1 aromatic heterocycles. The van der Waals surface area contributed by atoms with Crippen molar-refractivity contribution in [3.05, 3.63) is 51.6 Å². The van der Waals surface area contributed by atoms with Crippen molar-refractivity contribution >= 4 is 40.8 Å². The molecule has 0 unspecified atom stereocenters. The Morgan fingerprint density at radius 3 is 2.43 bits per heavy atom. The number of rotatable bonds is 6. The van der Waals surface area contributed by atoms with Crippen molar-refractivity contribution in [3.8, 4) is 0 Å². The van der Waals surface area contributed by atoms with E-state index >= 15 is 0 Å². The molecule has 3 amide bonds. The van der Waals surface area contributed by atoms with Crippen LogP contribution in [0.15, 0.2) is 18.2 Å². The molecule has 4 rings (SSSR count). The molecule has 1 fully saturated rings. The molecule has 0 saturated heterocycles. The van der Waals surface area contributed by atoms with E-state index in [1.54, 1.807) is 4.57 Å². The first-order valence-electron chi connectivity index (χ1n) is 10.8. The second-order valence-corrected chi connectivity index (χ2v) is 9.19. The summed E-state index contributed by atoms with van der Waals surface area (Å²) in [6.45, 7) is 1.88. The number of carbonyl (C=O) groups excluding carboxylic acids is 4. The SMILES string of the molecule is CNC(=O)C1(NC(=O)C(=O)c2c(C)c(C(=O)Nc3ccc(F)c(Cl)c3)c3n2CCC3)CC(F)(F)C1. The van der Waals surface area contributed by atoms with Gasteiger partial charge in [-0.2, -0.15) is 0 Å².